The van der Waals surface area contributed by atoms with Gasteiger partial charge in [0.05, 0.1) is 41.7 Å². The first-order valence-corrected chi connectivity index (χ1v) is 15.8. The smallest absolute Gasteiger partial charge is 0.301 e. The summed E-state index contributed by atoms with van der Waals surface area (Å²) < 4.78 is 18.6. The third kappa shape index (κ3) is 6.43. The summed E-state index contributed by atoms with van der Waals surface area (Å²) in [5, 5.41) is 12.0. The molecule has 0 radical (unpaired) electrons. The van der Waals surface area contributed by atoms with Gasteiger partial charge in [-0.15, -0.1) is 0 Å². The maximum atomic E-state index is 13.8. The van der Waals surface area contributed by atoms with E-state index in [1.54, 1.807) is 36.4 Å². The van der Waals surface area contributed by atoms with Crippen LogP contribution in [-0.2, 0) is 9.59 Å². The molecule has 1 unspecified atom stereocenters. The van der Waals surface area contributed by atoms with E-state index in [1.807, 2.05) is 45.0 Å². The molecule has 5 rings (SSSR count). The fourth-order valence-electron chi connectivity index (χ4n) is 5.04. The molecule has 0 aliphatic carbocycles. The quantitative estimate of drug-likeness (QED) is 0.0986. The minimum Gasteiger partial charge on any atom is -0.507 e. The summed E-state index contributed by atoms with van der Waals surface area (Å²) in [6.45, 7) is 11.6. The first-order valence-electron chi connectivity index (χ1n) is 15.0. The molecule has 230 valence electrons. The van der Waals surface area contributed by atoms with Crippen molar-refractivity contribution in [2.24, 2.45) is 5.92 Å². The number of aliphatic hydroxyl groups is 1. The van der Waals surface area contributed by atoms with Crippen LogP contribution in [0.2, 0.25) is 0 Å². The monoisotopic (exact) mass is 614 g/mol. The average molecular weight is 615 g/mol. The lowest BCUT2D eigenvalue weighted by atomic mass is 9.95. The van der Waals surface area contributed by atoms with Gasteiger partial charge in [-0.05, 0) is 92.3 Å². The summed E-state index contributed by atoms with van der Waals surface area (Å²) in [6.07, 6.45) is 1.74. The molecule has 8 nitrogen and oxygen atoms in total. The minimum absolute atomic E-state index is 0.0245. The molecule has 0 bridgehead atoms. The molecule has 1 atom stereocenters. The number of ether oxygens (including phenoxy) is 3. The first kappa shape index (κ1) is 31.1. The van der Waals surface area contributed by atoms with Crippen molar-refractivity contribution in [3.63, 3.8) is 0 Å². The van der Waals surface area contributed by atoms with Gasteiger partial charge in [-0.1, -0.05) is 44.2 Å². The lowest BCUT2D eigenvalue weighted by Crippen LogP contribution is -2.29. The van der Waals surface area contributed by atoms with Gasteiger partial charge in [0.15, 0.2) is 16.6 Å². The molecule has 1 fully saturated rings. The zero-order valence-corrected chi connectivity index (χ0v) is 26.6. The summed E-state index contributed by atoms with van der Waals surface area (Å²) in [7, 11) is 0. The summed E-state index contributed by atoms with van der Waals surface area (Å²) in [6, 6.07) is 17.1. The number of amides is 1. The molecular weight excluding hydrogens is 576 g/mol. The molecule has 0 saturated carbocycles. The van der Waals surface area contributed by atoms with Gasteiger partial charge < -0.3 is 19.3 Å². The number of ketones is 1. The SMILES string of the molecule is CCCOc1ccc(C(O)=C2C(=O)C(=O)N(c3nc4ccc(C)cc4s3)C2c2ccc(OCCC(C)C)c(OCC)c2)cc1. The number of Topliss-reactive ketones (excluding diaryl/α,β-unsaturated/α-hetero) is 1. The molecular formula is C35H38N2O6S. The normalized spacial score (nSPS) is 16.2. The Morgan fingerprint density at radius 3 is 2.43 bits per heavy atom. The number of nitrogens with zero attached hydrogens (tertiary/aromatic N) is 2. The number of hydrogen-bond acceptors (Lipinski definition) is 8. The van der Waals surface area contributed by atoms with E-state index in [-0.39, 0.29) is 11.3 Å². The Morgan fingerprint density at radius 2 is 1.73 bits per heavy atom. The molecule has 1 amide bonds. The lowest BCUT2D eigenvalue weighted by molar-refractivity contribution is -0.132. The molecule has 1 aliphatic rings. The highest BCUT2D eigenvalue weighted by molar-refractivity contribution is 7.22. The molecule has 1 N–H and O–H groups in total. The Labute approximate surface area is 261 Å². The topological polar surface area (TPSA) is 98.2 Å². The highest BCUT2D eigenvalue weighted by Gasteiger charge is 2.48. The Balaban J connectivity index is 1.64. The Kier molecular flexibility index (Phi) is 9.54. The number of carbonyl (C=O) groups is 2. The standard InChI is InChI=1S/C35H38N2O6S/c1-6-17-42-25-12-9-23(10-13-25)32(38)30-31(24-11-15-27(28(20-24)41-7-2)43-18-16-21(3)4)37(34(40)33(30)39)35-36-26-14-8-22(5)19-29(26)44-35/h8-15,19-21,31,38H,6-7,16-18H2,1-5H3. The van der Waals surface area contributed by atoms with Crippen LogP contribution >= 0.6 is 11.3 Å². The van der Waals surface area contributed by atoms with Crippen LogP contribution in [0.25, 0.3) is 16.0 Å². The van der Waals surface area contributed by atoms with Gasteiger partial charge in [-0.3, -0.25) is 14.5 Å². The van der Waals surface area contributed by atoms with E-state index < -0.39 is 17.7 Å². The molecule has 1 aromatic heterocycles. The summed E-state index contributed by atoms with van der Waals surface area (Å²) in [5.74, 6) is 0.386. The van der Waals surface area contributed by atoms with E-state index in [0.29, 0.717) is 59.2 Å². The number of benzene rings is 3. The third-order valence-corrected chi connectivity index (χ3v) is 8.34. The van der Waals surface area contributed by atoms with Crippen LogP contribution in [0.5, 0.6) is 17.2 Å². The highest BCUT2D eigenvalue weighted by atomic mass is 32.1. The zero-order chi connectivity index (χ0) is 31.4. The number of thiazole rings is 1. The first-order chi connectivity index (χ1) is 21.2. The van der Waals surface area contributed by atoms with Crippen molar-refractivity contribution >= 4 is 44.1 Å². The van der Waals surface area contributed by atoms with Crippen LogP contribution in [-0.4, -0.2) is 41.6 Å². The Hall–Kier alpha value is -4.37. The van der Waals surface area contributed by atoms with Crippen molar-refractivity contribution in [3.8, 4) is 17.2 Å². The molecule has 0 spiro atoms. The van der Waals surface area contributed by atoms with Crippen LogP contribution < -0.4 is 19.1 Å². The van der Waals surface area contributed by atoms with Crippen LogP contribution in [0.3, 0.4) is 0 Å². The number of aryl methyl sites for hydroxylation is 1. The van der Waals surface area contributed by atoms with E-state index in [4.69, 9.17) is 19.2 Å². The maximum Gasteiger partial charge on any atom is 0.301 e. The number of rotatable bonds is 12. The van der Waals surface area contributed by atoms with Gasteiger partial charge in [0.25, 0.3) is 5.78 Å². The fourth-order valence-corrected chi connectivity index (χ4v) is 6.13. The summed E-state index contributed by atoms with van der Waals surface area (Å²) in [5.41, 5.74) is 2.75. The molecule has 4 aromatic rings. The van der Waals surface area contributed by atoms with E-state index in [1.165, 1.54) is 16.2 Å². The van der Waals surface area contributed by atoms with Crippen molar-refractivity contribution in [1.29, 1.82) is 0 Å². The summed E-state index contributed by atoms with van der Waals surface area (Å²) in [4.78, 5) is 33.6. The second kappa shape index (κ2) is 13.5. The zero-order valence-electron chi connectivity index (χ0n) is 25.8. The number of aromatic nitrogens is 1. The van der Waals surface area contributed by atoms with Crippen molar-refractivity contribution in [1.82, 2.24) is 4.98 Å². The summed E-state index contributed by atoms with van der Waals surface area (Å²) >= 11 is 1.33. The van der Waals surface area contributed by atoms with E-state index in [2.05, 4.69) is 13.8 Å². The van der Waals surface area contributed by atoms with Gasteiger partial charge in [0.2, 0.25) is 0 Å². The number of fused-ring (bicyclic) bond motifs is 1. The van der Waals surface area contributed by atoms with Crippen LogP contribution in [0.1, 0.15) is 63.3 Å². The lowest BCUT2D eigenvalue weighted by Gasteiger charge is -2.24. The van der Waals surface area contributed by atoms with Crippen molar-refractivity contribution in [2.45, 2.75) is 53.5 Å². The van der Waals surface area contributed by atoms with Crippen LogP contribution in [0.15, 0.2) is 66.2 Å². The minimum atomic E-state index is -0.948. The van der Waals surface area contributed by atoms with Gasteiger partial charge in [-0.2, -0.15) is 0 Å². The van der Waals surface area contributed by atoms with E-state index in [9.17, 15) is 14.7 Å². The molecule has 44 heavy (non-hydrogen) atoms. The number of carbonyl (C=O) groups excluding carboxylic acids is 2. The van der Waals surface area contributed by atoms with Gasteiger partial charge in [0.1, 0.15) is 11.5 Å². The number of hydrogen-bond donors (Lipinski definition) is 1. The predicted molar refractivity (Wildman–Crippen MR) is 174 cm³/mol. The molecule has 1 aliphatic heterocycles. The van der Waals surface area contributed by atoms with Gasteiger partial charge in [0, 0.05) is 5.56 Å². The number of anilines is 1. The molecule has 2 heterocycles. The highest BCUT2D eigenvalue weighted by Crippen LogP contribution is 2.46. The van der Waals surface area contributed by atoms with E-state index >= 15 is 0 Å². The molecule has 3 aromatic carbocycles. The van der Waals surface area contributed by atoms with Crippen molar-refractivity contribution < 1.29 is 28.9 Å². The fraction of sp³-hybridized carbons (Fsp3) is 0.343. The second-order valence-corrected chi connectivity index (χ2v) is 12.2. The van der Waals surface area contributed by atoms with Crippen molar-refractivity contribution in [3.05, 3.63) is 82.9 Å². The Bertz CT molecular complexity index is 1690. The van der Waals surface area contributed by atoms with Gasteiger partial charge >= 0.3 is 5.91 Å². The third-order valence-electron chi connectivity index (χ3n) is 7.32. The largest absolute Gasteiger partial charge is 0.507 e. The Morgan fingerprint density at radius 1 is 0.955 bits per heavy atom. The van der Waals surface area contributed by atoms with Gasteiger partial charge in [-0.25, -0.2) is 4.98 Å². The molecule has 9 heteroatoms. The van der Waals surface area contributed by atoms with E-state index in [0.717, 1.165) is 28.6 Å². The van der Waals surface area contributed by atoms with Crippen LogP contribution in [0.4, 0.5) is 5.13 Å². The number of aliphatic hydroxyl groups excluding tert-OH is 1. The van der Waals surface area contributed by atoms with Crippen molar-refractivity contribution in [2.75, 3.05) is 24.7 Å². The average Bonchev–Trinajstić information content (AvgIpc) is 3.53. The molecule has 1 saturated heterocycles. The second-order valence-electron chi connectivity index (χ2n) is 11.2. The maximum absolute atomic E-state index is 13.8. The van der Waals surface area contributed by atoms with Crippen LogP contribution in [0, 0.1) is 12.8 Å². The predicted octanol–water partition coefficient (Wildman–Crippen LogP) is 7.84.